The van der Waals surface area contributed by atoms with Crippen LogP contribution in [0.2, 0.25) is 5.02 Å². The Bertz CT molecular complexity index is 637. The normalized spacial score (nSPS) is 10.7. The third-order valence-corrected chi connectivity index (χ3v) is 3.65. The third-order valence-electron chi connectivity index (χ3n) is 2.67. The molecule has 6 heteroatoms. The zero-order valence-electron chi connectivity index (χ0n) is 10.3. The highest BCUT2D eigenvalue weighted by Crippen LogP contribution is 2.19. The Morgan fingerprint density at radius 3 is 2.50 bits per heavy atom. The maximum absolute atomic E-state index is 12.1. The van der Waals surface area contributed by atoms with Gasteiger partial charge in [0.2, 0.25) is 0 Å². The molecule has 0 aliphatic heterocycles. The summed E-state index contributed by atoms with van der Waals surface area (Å²) < 4.78 is 3.06. The molecule has 4 nitrogen and oxygen atoms in total. The smallest absolute Gasteiger partial charge is 0.212 e. The van der Waals surface area contributed by atoms with E-state index in [4.69, 9.17) is 11.6 Å². The molecule has 1 heterocycles. The van der Waals surface area contributed by atoms with Gasteiger partial charge in [0.25, 0.3) is 5.82 Å². The van der Waals surface area contributed by atoms with E-state index in [1.165, 1.54) is 20.9 Å². The summed E-state index contributed by atoms with van der Waals surface area (Å²) in [6.07, 6.45) is 1.90. The number of hydrogen-bond acceptors (Lipinski definition) is 3. The van der Waals surface area contributed by atoms with Crippen molar-refractivity contribution >= 4 is 23.4 Å². The van der Waals surface area contributed by atoms with Crippen molar-refractivity contribution in [3.8, 4) is 11.4 Å². The van der Waals surface area contributed by atoms with Crippen molar-refractivity contribution in [1.29, 1.82) is 0 Å². The van der Waals surface area contributed by atoms with E-state index in [0.29, 0.717) is 16.0 Å². The zero-order chi connectivity index (χ0) is 13.3. The first-order valence-electron chi connectivity index (χ1n) is 5.31. The molecular formula is C12H13ClN3OS+. The van der Waals surface area contributed by atoms with E-state index in [9.17, 15) is 4.79 Å². The van der Waals surface area contributed by atoms with E-state index in [2.05, 4.69) is 4.98 Å². The van der Waals surface area contributed by atoms with Crippen molar-refractivity contribution < 1.29 is 4.57 Å². The van der Waals surface area contributed by atoms with Crippen LogP contribution in [0.15, 0.2) is 34.2 Å². The lowest BCUT2D eigenvalue weighted by molar-refractivity contribution is -0.731. The lowest BCUT2D eigenvalue weighted by atomic mass is 10.2. The molecule has 0 bridgehead atoms. The van der Waals surface area contributed by atoms with Gasteiger partial charge in [-0.2, -0.15) is 9.13 Å². The Labute approximate surface area is 114 Å². The van der Waals surface area contributed by atoms with Gasteiger partial charge in [0.05, 0.1) is 19.7 Å². The number of thioether (sulfide) groups is 1. The summed E-state index contributed by atoms with van der Waals surface area (Å²) in [7, 11) is 3.43. The largest absolute Gasteiger partial charge is 0.446 e. The Morgan fingerprint density at radius 1 is 1.33 bits per heavy atom. The van der Waals surface area contributed by atoms with Crippen LogP contribution in [0, 0.1) is 0 Å². The van der Waals surface area contributed by atoms with Gasteiger partial charge in [0.1, 0.15) is 0 Å². The van der Waals surface area contributed by atoms with E-state index in [1.807, 2.05) is 18.4 Å². The molecule has 94 valence electrons. The molecule has 2 rings (SSSR count). The maximum atomic E-state index is 12.1. The molecule has 1 aromatic heterocycles. The minimum Gasteiger partial charge on any atom is -0.212 e. The third kappa shape index (κ3) is 2.28. The molecule has 0 amide bonds. The first kappa shape index (κ1) is 13.1. The van der Waals surface area contributed by atoms with E-state index in [1.54, 1.807) is 26.2 Å². The van der Waals surface area contributed by atoms with Gasteiger partial charge in [0.15, 0.2) is 0 Å². The number of halogens is 1. The Balaban J connectivity index is 2.68. The highest BCUT2D eigenvalue weighted by Gasteiger charge is 2.19. The van der Waals surface area contributed by atoms with Crippen molar-refractivity contribution in [3.63, 3.8) is 0 Å². The first-order chi connectivity index (χ1) is 8.54. The average molecular weight is 283 g/mol. The van der Waals surface area contributed by atoms with Crippen molar-refractivity contribution in [2.24, 2.45) is 14.1 Å². The maximum Gasteiger partial charge on any atom is 0.446 e. The Morgan fingerprint density at radius 2 is 1.94 bits per heavy atom. The molecule has 0 fully saturated rings. The molecule has 18 heavy (non-hydrogen) atoms. The second-order valence-corrected chi connectivity index (χ2v) is 5.04. The number of nitrogens with zero attached hydrogens (tertiary/aromatic N) is 3. The summed E-state index contributed by atoms with van der Waals surface area (Å²) in [6, 6.07) is 7.28. The second-order valence-electron chi connectivity index (χ2n) is 3.83. The Kier molecular flexibility index (Phi) is 3.73. The number of aromatic nitrogens is 3. The van der Waals surface area contributed by atoms with Crippen molar-refractivity contribution in [1.82, 2.24) is 9.55 Å². The van der Waals surface area contributed by atoms with Gasteiger partial charge in [0, 0.05) is 5.02 Å². The standard InChI is InChI=1S/C12H13ClN3OS/c1-15-10(8-4-6-9(13)7-5-8)14-11(18-3)16(2)12(15)17/h4-7H,1-3H3/q+1. The van der Waals surface area contributed by atoms with Crippen molar-refractivity contribution in [2.75, 3.05) is 6.26 Å². The Hall–Kier alpha value is -1.33. The SMILES string of the molecule is CSc1nc(-c2ccc(Cl)cc2)n(C)c(=O)[n+]1C. The molecule has 1 aromatic carbocycles. The predicted octanol–water partition coefficient (Wildman–Crippen LogP) is 1.65. The molecule has 0 saturated carbocycles. The monoisotopic (exact) mass is 282 g/mol. The van der Waals surface area contributed by atoms with Crippen LogP contribution in [0.25, 0.3) is 11.4 Å². The molecule has 2 aromatic rings. The average Bonchev–Trinajstić information content (AvgIpc) is 2.38. The first-order valence-corrected chi connectivity index (χ1v) is 6.92. The van der Waals surface area contributed by atoms with Crippen LogP contribution in [0.5, 0.6) is 0 Å². The van der Waals surface area contributed by atoms with Gasteiger partial charge < -0.3 is 0 Å². The predicted molar refractivity (Wildman–Crippen MR) is 72.9 cm³/mol. The van der Waals surface area contributed by atoms with Crippen LogP contribution >= 0.6 is 23.4 Å². The summed E-state index contributed by atoms with van der Waals surface area (Å²) in [5.41, 5.74) is 0.772. The van der Waals surface area contributed by atoms with Crippen LogP contribution in [0.3, 0.4) is 0 Å². The number of benzene rings is 1. The number of rotatable bonds is 2. The van der Waals surface area contributed by atoms with E-state index in [-0.39, 0.29) is 5.69 Å². The summed E-state index contributed by atoms with van der Waals surface area (Å²) in [5, 5.41) is 1.35. The van der Waals surface area contributed by atoms with Gasteiger partial charge >= 0.3 is 10.8 Å². The topological polar surface area (TPSA) is 38.8 Å². The van der Waals surface area contributed by atoms with Crippen LogP contribution in [0.1, 0.15) is 0 Å². The van der Waals surface area contributed by atoms with E-state index in [0.717, 1.165) is 5.56 Å². The molecule has 0 unspecified atom stereocenters. The highest BCUT2D eigenvalue weighted by molar-refractivity contribution is 7.98. The molecule has 0 aliphatic carbocycles. The molecule has 0 spiro atoms. The van der Waals surface area contributed by atoms with Crippen molar-refractivity contribution in [2.45, 2.75) is 5.16 Å². The fourth-order valence-corrected chi connectivity index (χ4v) is 2.33. The quantitative estimate of drug-likeness (QED) is 0.621. The van der Waals surface area contributed by atoms with Gasteiger partial charge in [-0.25, -0.2) is 4.79 Å². The fraction of sp³-hybridized carbons (Fsp3) is 0.250. The van der Waals surface area contributed by atoms with Crippen LogP contribution in [0.4, 0.5) is 0 Å². The molecule has 0 N–H and O–H groups in total. The minimum atomic E-state index is -0.0979. The van der Waals surface area contributed by atoms with E-state index >= 15 is 0 Å². The van der Waals surface area contributed by atoms with Crippen LogP contribution in [-0.4, -0.2) is 15.8 Å². The lowest BCUT2D eigenvalue weighted by Crippen LogP contribution is -2.53. The van der Waals surface area contributed by atoms with Gasteiger partial charge in [-0.1, -0.05) is 28.3 Å². The summed E-state index contributed by atoms with van der Waals surface area (Å²) in [6.45, 7) is 0. The molecule has 0 atom stereocenters. The van der Waals surface area contributed by atoms with Gasteiger partial charge in [-0.05, 0) is 30.5 Å². The summed E-state index contributed by atoms with van der Waals surface area (Å²) in [4.78, 5) is 16.6. The molecule has 0 radical (unpaired) electrons. The van der Waals surface area contributed by atoms with Gasteiger partial charge in [-0.3, -0.25) is 0 Å². The summed E-state index contributed by atoms with van der Waals surface area (Å²) in [5.74, 6) is 0.638. The van der Waals surface area contributed by atoms with Gasteiger partial charge in [-0.15, -0.1) is 0 Å². The van der Waals surface area contributed by atoms with Crippen LogP contribution < -0.4 is 10.3 Å². The number of hydrogen-bond donors (Lipinski definition) is 0. The second kappa shape index (κ2) is 5.12. The minimum absolute atomic E-state index is 0.0979. The van der Waals surface area contributed by atoms with E-state index < -0.39 is 0 Å². The molecule has 0 aliphatic rings. The zero-order valence-corrected chi connectivity index (χ0v) is 11.9. The molecular weight excluding hydrogens is 270 g/mol. The summed E-state index contributed by atoms with van der Waals surface area (Å²) >= 11 is 7.30. The highest BCUT2D eigenvalue weighted by atomic mass is 35.5. The lowest BCUT2D eigenvalue weighted by Gasteiger charge is -2.04. The van der Waals surface area contributed by atoms with Crippen LogP contribution in [-0.2, 0) is 14.1 Å². The fourth-order valence-electron chi connectivity index (χ4n) is 1.68. The molecule has 0 saturated heterocycles. The van der Waals surface area contributed by atoms with Crippen molar-refractivity contribution in [3.05, 3.63) is 39.8 Å².